The quantitative estimate of drug-likeness (QED) is 0.548. The number of nitrogens with one attached hydrogen (secondary N) is 1. The molecule has 2 heterocycles. The molecule has 2 aromatic heterocycles. The summed E-state index contributed by atoms with van der Waals surface area (Å²) in [7, 11) is 3.14. The van der Waals surface area contributed by atoms with Crippen LogP contribution in [0.1, 0.15) is 5.56 Å². The molecular formula is C19H15ClN4O3. The summed E-state index contributed by atoms with van der Waals surface area (Å²) < 4.78 is 11.7. The van der Waals surface area contributed by atoms with Gasteiger partial charge >= 0.3 is 0 Å². The van der Waals surface area contributed by atoms with Crippen molar-refractivity contribution in [3.8, 4) is 11.5 Å². The third-order valence-corrected chi connectivity index (χ3v) is 4.44. The summed E-state index contributed by atoms with van der Waals surface area (Å²) in [6.45, 7) is 0. The summed E-state index contributed by atoms with van der Waals surface area (Å²) in [6, 6.07) is 10.7. The lowest BCUT2D eigenvalue weighted by atomic mass is 10.2. The van der Waals surface area contributed by atoms with Gasteiger partial charge in [-0.25, -0.2) is 4.98 Å². The van der Waals surface area contributed by atoms with Crippen LogP contribution in [0, 0.1) is 0 Å². The molecule has 7 nitrogen and oxygen atoms in total. The standard InChI is InChI=1S/C19H15ClN4O3/c1-26-13-4-6-16(27-2)11(7-13)9-22-24-10-21-17-14-8-12(20)3-5-15(14)23-18(17)19(24)25/h3-10,23H,1-2H3/b22-9+. The Morgan fingerprint density at radius 2 is 2.04 bits per heavy atom. The Balaban J connectivity index is 1.81. The fraction of sp³-hybridized carbons (Fsp3) is 0.105. The summed E-state index contributed by atoms with van der Waals surface area (Å²) in [5.41, 5.74) is 2.07. The predicted molar refractivity (Wildman–Crippen MR) is 105 cm³/mol. The van der Waals surface area contributed by atoms with Crippen LogP contribution >= 0.6 is 11.6 Å². The Bertz CT molecular complexity index is 1240. The van der Waals surface area contributed by atoms with Crippen molar-refractivity contribution in [3.05, 3.63) is 63.7 Å². The summed E-state index contributed by atoms with van der Waals surface area (Å²) in [6.07, 6.45) is 2.90. The number of halogens is 1. The third-order valence-electron chi connectivity index (χ3n) is 4.21. The zero-order valence-electron chi connectivity index (χ0n) is 14.6. The van der Waals surface area contributed by atoms with E-state index in [-0.39, 0.29) is 5.56 Å². The van der Waals surface area contributed by atoms with Crippen molar-refractivity contribution >= 4 is 39.8 Å². The van der Waals surface area contributed by atoms with E-state index in [1.54, 1.807) is 44.6 Å². The van der Waals surface area contributed by atoms with E-state index in [0.717, 1.165) is 15.6 Å². The lowest BCUT2D eigenvalue weighted by Gasteiger charge is -2.06. The van der Waals surface area contributed by atoms with Crippen LogP contribution < -0.4 is 15.0 Å². The van der Waals surface area contributed by atoms with Crippen LogP contribution in [0.15, 0.2) is 52.6 Å². The van der Waals surface area contributed by atoms with Crippen molar-refractivity contribution in [2.45, 2.75) is 0 Å². The van der Waals surface area contributed by atoms with E-state index in [2.05, 4.69) is 15.1 Å². The average Bonchev–Trinajstić information content (AvgIpc) is 3.06. The first-order valence-corrected chi connectivity index (χ1v) is 8.43. The largest absolute Gasteiger partial charge is 0.497 e. The van der Waals surface area contributed by atoms with Gasteiger partial charge in [-0.1, -0.05) is 11.6 Å². The molecule has 2 aromatic carbocycles. The van der Waals surface area contributed by atoms with Gasteiger partial charge in [0.1, 0.15) is 28.9 Å². The van der Waals surface area contributed by atoms with Gasteiger partial charge in [0.15, 0.2) is 0 Å². The highest BCUT2D eigenvalue weighted by molar-refractivity contribution is 6.31. The number of benzene rings is 2. The van der Waals surface area contributed by atoms with Crippen LogP contribution in [0.4, 0.5) is 0 Å². The lowest BCUT2D eigenvalue weighted by Crippen LogP contribution is -2.17. The Kier molecular flexibility index (Phi) is 4.29. The number of hydrogen-bond donors (Lipinski definition) is 1. The zero-order chi connectivity index (χ0) is 19.0. The SMILES string of the molecule is COc1ccc(OC)c(/C=N/n2cnc3c([nH]c4ccc(Cl)cc43)c2=O)c1. The molecule has 0 fully saturated rings. The van der Waals surface area contributed by atoms with Crippen LogP contribution in [0.3, 0.4) is 0 Å². The maximum atomic E-state index is 12.8. The number of H-pyrrole nitrogens is 1. The fourth-order valence-electron chi connectivity index (χ4n) is 2.87. The maximum Gasteiger partial charge on any atom is 0.298 e. The molecule has 0 saturated carbocycles. The van der Waals surface area contributed by atoms with Crippen molar-refractivity contribution in [2.24, 2.45) is 5.10 Å². The minimum atomic E-state index is -0.314. The molecule has 0 radical (unpaired) electrons. The number of nitrogens with zero attached hydrogens (tertiary/aromatic N) is 3. The molecule has 136 valence electrons. The van der Waals surface area contributed by atoms with Gasteiger partial charge in [0.25, 0.3) is 5.56 Å². The van der Waals surface area contributed by atoms with Crippen LogP contribution in [-0.2, 0) is 0 Å². The molecule has 0 aliphatic carbocycles. The van der Waals surface area contributed by atoms with E-state index < -0.39 is 0 Å². The summed E-state index contributed by atoms with van der Waals surface area (Å²) >= 11 is 6.05. The molecule has 0 aliphatic rings. The van der Waals surface area contributed by atoms with E-state index in [0.29, 0.717) is 33.1 Å². The van der Waals surface area contributed by atoms with Gasteiger partial charge in [0.2, 0.25) is 0 Å². The molecule has 4 rings (SSSR count). The Morgan fingerprint density at radius 3 is 2.81 bits per heavy atom. The van der Waals surface area contributed by atoms with Gasteiger partial charge in [0.05, 0.1) is 20.4 Å². The van der Waals surface area contributed by atoms with E-state index in [4.69, 9.17) is 21.1 Å². The Labute approximate surface area is 158 Å². The molecule has 27 heavy (non-hydrogen) atoms. The average molecular weight is 383 g/mol. The normalized spacial score (nSPS) is 11.5. The number of aromatic nitrogens is 3. The highest BCUT2D eigenvalue weighted by Gasteiger charge is 2.11. The Hall–Kier alpha value is -3.32. The molecule has 0 bridgehead atoms. The summed E-state index contributed by atoms with van der Waals surface area (Å²) in [4.78, 5) is 20.2. The monoisotopic (exact) mass is 382 g/mol. The second kappa shape index (κ2) is 6.77. The van der Waals surface area contributed by atoms with Crippen molar-refractivity contribution in [1.82, 2.24) is 14.6 Å². The van der Waals surface area contributed by atoms with Gasteiger partial charge in [0, 0.05) is 21.5 Å². The minimum Gasteiger partial charge on any atom is -0.497 e. The summed E-state index contributed by atoms with van der Waals surface area (Å²) in [5.74, 6) is 1.27. The predicted octanol–water partition coefficient (Wildman–Crippen LogP) is 3.43. The van der Waals surface area contributed by atoms with Crippen LogP contribution in [-0.4, -0.2) is 35.1 Å². The van der Waals surface area contributed by atoms with Crippen LogP contribution in [0.2, 0.25) is 5.02 Å². The van der Waals surface area contributed by atoms with Crippen molar-refractivity contribution in [3.63, 3.8) is 0 Å². The maximum absolute atomic E-state index is 12.8. The molecule has 8 heteroatoms. The molecule has 0 unspecified atom stereocenters. The second-order valence-electron chi connectivity index (χ2n) is 5.79. The molecule has 0 atom stereocenters. The summed E-state index contributed by atoms with van der Waals surface area (Å²) in [5, 5.41) is 5.61. The molecule has 0 saturated heterocycles. The van der Waals surface area contributed by atoms with Gasteiger partial charge in [-0.3, -0.25) is 4.79 Å². The van der Waals surface area contributed by atoms with Crippen molar-refractivity contribution in [1.29, 1.82) is 0 Å². The minimum absolute atomic E-state index is 0.314. The first kappa shape index (κ1) is 17.1. The zero-order valence-corrected chi connectivity index (χ0v) is 15.3. The highest BCUT2D eigenvalue weighted by atomic mass is 35.5. The third kappa shape index (κ3) is 3.02. The number of methoxy groups -OCH3 is 2. The van der Waals surface area contributed by atoms with Crippen LogP contribution in [0.5, 0.6) is 11.5 Å². The molecule has 0 aliphatic heterocycles. The van der Waals surface area contributed by atoms with Gasteiger partial charge in [-0.2, -0.15) is 9.78 Å². The molecule has 0 amide bonds. The lowest BCUT2D eigenvalue weighted by molar-refractivity contribution is 0.402. The van der Waals surface area contributed by atoms with Gasteiger partial charge in [-0.15, -0.1) is 0 Å². The number of rotatable bonds is 4. The number of ether oxygens (including phenoxy) is 2. The molecule has 1 N–H and O–H groups in total. The number of fused-ring (bicyclic) bond motifs is 3. The molecular weight excluding hydrogens is 368 g/mol. The molecule has 0 spiro atoms. The fourth-order valence-corrected chi connectivity index (χ4v) is 3.04. The van der Waals surface area contributed by atoms with Gasteiger partial charge in [-0.05, 0) is 36.4 Å². The topological polar surface area (TPSA) is 81.5 Å². The second-order valence-corrected chi connectivity index (χ2v) is 6.22. The smallest absolute Gasteiger partial charge is 0.298 e. The van der Waals surface area contributed by atoms with E-state index in [1.165, 1.54) is 12.5 Å². The molecule has 4 aromatic rings. The van der Waals surface area contributed by atoms with E-state index >= 15 is 0 Å². The van der Waals surface area contributed by atoms with Crippen molar-refractivity contribution in [2.75, 3.05) is 14.2 Å². The van der Waals surface area contributed by atoms with Crippen molar-refractivity contribution < 1.29 is 9.47 Å². The first-order chi connectivity index (χ1) is 13.1. The Morgan fingerprint density at radius 1 is 1.19 bits per heavy atom. The van der Waals surface area contributed by atoms with E-state index in [1.807, 2.05) is 6.07 Å². The van der Waals surface area contributed by atoms with Crippen LogP contribution in [0.25, 0.3) is 21.9 Å². The number of aromatic amines is 1. The highest BCUT2D eigenvalue weighted by Crippen LogP contribution is 2.25. The first-order valence-electron chi connectivity index (χ1n) is 8.05. The number of hydrogen-bond acceptors (Lipinski definition) is 5. The van der Waals surface area contributed by atoms with Gasteiger partial charge < -0.3 is 14.5 Å². The van der Waals surface area contributed by atoms with E-state index in [9.17, 15) is 4.79 Å².